The van der Waals surface area contributed by atoms with E-state index in [0.29, 0.717) is 18.1 Å². The molecular formula is C15H22ClN3O2. The SMILES string of the molecule is CN(CC(=O)NC(=O)c1ccccc1Cl)CC(C)(C)CN. The van der Waals surface area contributed by atoms with Gasteiger partial charge in [-0.25, -0.2) is 0 Å². The van der Waals surface area contributed by atoms with Crippen LogP contribution in [0, 0.1) is 5.41 Å². The molecule has 0 aliphatic heterocycles. The summed E-state index contributed by atoms with van der Waals surface area (Å²) in [4.78, 5) is 25.7. The number of amides is 2. The number of nitrogens with one attached hydrogen (secondary N) is 1. The summed E-state index contributed by atoms with van der Waals surface area (Å²) in [6, 6.07) is 6.60. The minimum absolute atomic E-state index is 0.0816. The monoisotopic (exact) mass is 311 g/mol. The average Bonchev–Trinajstić information content (AvgIpc) is 2.38. The van der Waals surface area contributed by atoms with Crippen molar-refractivity contribution in [1.82, 2.24) is 10.2 Å². The van der Waals surface area contributed by atoms with Crippen LogP contribution >= 0.6 is 11.6 Å². The smallest absolute Gasteiger partial charge is 0.259 e. The van der Waals surface area contributed by atoms with E-state index >= 15 is 0 Å². The number of hydrogen-bond donors (Lipinski definition) is 2. The van der Waals surface area contributed by atoms with Gasteiger partial charge in [0.1, 0.15) is 0 Å². The standard InChI is InChI=1S/C15H22ClN3O2/c1-15(2,9-17)10-19(3)8-13(20)18-14(21)11-6-4-5-7-12(11)16/h4-7H,8-10,17H2,1-3H3,(H,18,20,21). The Labute approximate surface area is 130 Å². The highest BCUT2D eigenvalue weighted by atomic mass is 35.5. The van der Waals surface area contributed by atoms with Crippen LogP contribution < -0.4 is 11.1 Å². The number of carbonyl (C=O) groups is 2. The minimum atomic E-state index is -0.489. The highest BCUT2D eigenvalue weighted by Crippen LogP contribution is 2.15. The lowest BCUT2D eigenvalue weighted by Crippen LogP contribution is -2.43. The Balaban J connectivity index is 2.54. The maximum Gasteiger partial charge on any atom is 0.259 e. The van der Waals surface area contributed by atoms with E-state index in [1.54, 1.807) is 24.3 Å². The van der Waals surface area contributed by atoms with E-state index in [0.717, 1.165) is 0 Å². The largest absolute Gasteiger partial charge is 0.330 e. The van der Waals surface area contributed by atoms with Gasteiger partial charge in [0, 0.05) is 6.54 Å². The maximum atomic E-state index is 11.9. The zero-order valence-corrected chi connectivity index (χ0v) is 13.4. The van der Waals surface area contributed by atoms with E-state index in [4.69, 9.17) is 17.3 Å². The molecule has 2 amide bonds. The fourth-order valence-electron chi connectivity index (χ4n) is 1.98. The molecule has 1 aromatic rings. The molecule has 0 fully saturated rings. The summed E-state index contributed by atoms with van der Waals surface area (Å²) < 4.78 is 0. The summed E-state index contributed by atoms with van der Waals surface area (Å²) in [5.74, 6) is -0.854. The third-order valence-corrected chi connectivity index (χ3v) is 3.37. The van der Waals surface area contributed by atoms with Crippen molar-refractivity contribution in [3.63, 3.8) is 0 Å². The Bertz CT molecular complexity index is 517. The van der Waals surface area contributed by atoms with Crippen molar-refractivity contribution < 1.29 is 9.59 Å². The molecule has 0 unspecified atom stereocenters. The lowest BCUT2D eigenvalue weighted by atomic mass is 9.93. The molecule has 0 saturated heterocycles. The van der Waals surface area contributed by atoms with E-state index < -0.39 is 5.91 Å². The summed E-state index contributed by atoms with van der Waals surface area (Å²) in [5.41, 5.74) is 5.87. The van der Waals surface area contributed by atoms with Gasteiger partial charge < -0.3 is 5.73 Å². The third-order valence-electron chi connectivity index (χ3n) is 3.04. The second-order valence-corrected chi connectivity index (χ2v) is 6.30. The van der Waals surface area contributed by atoms with Crippen LogP contribution in [-0.4, -0.2) is 43.4 Å². The average molecular weight is 312 g/mol. The van der Waals surface area contributed by atoms with Crippen LogP contribution in [0.3, 0.4) is 0 Å². The van der Waals surface area contributed by atoms with Gasteiger partial charge in [0.05, 0.1) is 17.1 Å². The molecule has 1 rings (SSSR count). The molecule has 21 heavy (non-hydrogen) atoms. The molecule has 3 N–H and O–H groups in total. The molecule has 0 aromatic heterocycles. The molecule has 1 aromatic carbocycles. The number of nitrogens with two attached hydrogens (primary N) is 1. The fraction of sp³-hybridized carbons (Fsp3) is 0.467. The molecular weight excluding hydrogens is 290 g/mol. The number of carbonyl (C=O) groups excluding carboxylic acids is 2. The Morgan fingerprint density at radius 1 is 1.33 bits per heavy atom. The molecule has 0 aliphatic rings. The lowest BCUT2D eigenvalue weighted by molar-refractivity contribution is -0.121. The van der Waals surface area contributed by atoms with Crippen LogP contribution in [0.15, 0.2) is 24.3 Å². The Morgan fingerprint density at radius 2 is 1.95 bits per heavy atom. The van der Waals surface area contributed by atoms with Gasteiger partial charge in [0.2, 0.25) is 5.91 Å². The zero-order chi connectivity index (χ0) is 16.0. The third kappa shape index (κ3) is 5.83. The van der Waals surface area contributed by atoms with Gasteiger partial charge in [-0.2, -0.15) is 0 Å². The lowest BCUT2D eigenvalue weighted by Gasteiger charge is -2.28. The first-order chi connectivity index (χ1) is 9.75. The molecule has 0 aliphatic carbocycles. The Morgan fingerprint density at radius 3 is 2.52 bits per heavy atom. The quantitative estimate of drug-likeness (QED) is 0.835. The van der Waals surface area contributed by atoms with E-state index in [9.17, 15) is 9.59 Å². The van der Waals surface area contributed by atoms with Crippen molar-refractivity contribution in [1.29, 1.82) is 0 Å². The van der Waals surface area contributed by atoms with Gasteiger partial charge in [-0.1, -0.05) is 37.6 Å². The molecule has 0 bridgehead atoms. The van der Waals surface area contributed by atoms with Crippen molar-refractivity contribution in [2.24, 2.45) is 11.1 Å². The first-order valence-electron chi connectivity index (χ1n) is 6.72. The summed E-state index contributed by atoms with van der Waals surface area (Å²) in [6.45, 7) is 5.36. The number of benzene rings is 1. The molecule has 116 valence electrons. The predicted molar refractivity (Wildman–Crippen MR) is 84.3 cm³/mol. The summed E-state index contributed by atoms with van der Waals surface area (Å²) in [5, 5.41) is 2.66. The first kappa shape index (κ1) is 17.6. The highest BCUT2D eigenvalue weighted by molar-refractivity contribution is 6.34. The number of nitrogens with zero attached hydrogens (tertiary/aromatic N) is 1. The van der Waals surface area contributed by atoms with Crippen molar-refractivity contribution in [2.75, 3.05) is 26.7 Å². The van der Waals surface area contributed by atoms with Gasteiger partial charge in [-0.05, 0) is 31.1 Å². The van der Waals surface area contributed by atoms with Crippen molar-refractivity contribution in [3.05, 3.63) is 34.9 Å². The number of imide groups is 1. The van der Waals surface area contributed by atoms with Crippen molar-refractivity contribution in [2.45, 2.75) is 13.8 Å². The second kappa shape index (κ2) is 7.54. The molecule has 6 heteroatoms. The van der Waals surface area contributed by atoms with Crippen molar-refractivity contribution >= 4 is 23.4 Å². The molecule has 0 heterocycles. The molecule has 0 saturated carbocycles. The Hall–Kier alpha value is -1.43. The topological polar surface area (TPSA) is 75.4 Å². The van der Waals surface area contributed by atoms with Crippen molar-refractivity contribution in [3.8, 4) is 0 Å². The fourth-order valence-corrected chi connectivity index (χ4v) is 2.20. The van der Waals surface area contributed by atoms with Gasteiger partial charge in [0.25, 0.3) is 5.91 Å². The second-order valence-electron chi connectivity index (χ2n) is 5.90. The Kier molecular flexibility index (Phi) is 6.33. The van der Waals surface area contributed by atoms with Crippen LogP contribution in [0.1, 0.15) is 24.2 Å². The van der Waals surface area contributed by atoms with Gasteiger partial charge in [-0.15, -0.1) is 0 Å². The molecule has 5 nitrogen and oxygen atoms in total. The molecule has 0 atom stereocenters. The van der Waals surface area contributed by atoms with Crippen LogP contribution in [0.4, 0.5) is 0 Å². The van der Waals surface area contributed by atoms with E-state index in [1.807, 2.05) is 25.8 Å². The van der Waals surface area contributed by atoms with Gasteiger partial charge in [0.15, 0.2) is 0 Å². The highest BCUT2D eigenvalue weighted by Gasteiger charge is 2.20. The number of hydrogen-bond acceptors (Lipinski definition) is 4. The first-order valence-corrected chi connectivity index (χ1v) is 7.10. The van der Waals surface area contributed by atoms with E-state index in [1.165, 1.54) is 0 Å². The summed E-state index contributed by atoms with van der Waals surface area (Å²) in [7, 11) is 1.82. The summed E-state index contributed by atoms with van der Waals surface area (Å²) in [6.07, 6.45) is 0. The molecule has 0 radical (unpaired) electrons. The maximum absolute atomic E-state index is 11.9. The number of halogens is 1. The van der Waals surface area contributed by atoms with Crippen LogP contribution in [0.25, 0.3) is 0 Å². The number of likely N-dealkylation sites (N-methyl/N-ethyl adjacent to an activating group) is 1. The summed E-state index contributed by atoms with van der Waals surface area (Å²) >= 11 is 5.92. The van der Waals surface area contributed by atoms with E-state index in [2.05, 4.69) is 5.32 Å². The minimum Gasteiger partial charge on any atom is -0.330 e. The zero-order valence-electron chi connectivity index (χ0n) is 12.6. The predicted octanol–water partition coefficient (Wildman–Crippen LogP) is 1.51. The normalized spacial score (nSPS) is 11.5. The van der Waals surface area contributed by atoms with Gasteiger partial charge in [-0.3, -0.25) is 19.8 Å². The van der Waals surface area contributed by atoms with Crippen LogP contribution in [0.5, 0.6) is 0 Å². The van der Waals surface area contributed by atoms with Gasteiger partial charge >= 0.3 is 0 Å². The van der Waals surface area contributed by atoms with Crippen LogP contribution in [0.2, 0.25) is 5.02 Å². The number of rotatable bonds is 6. The molecule has 0 spiro atoms. The van der Waals surface area contributed by atoms with Crippen LogP contribution in [-0.2, 0) is 4.79 Å². The van der Waals surface area contributed by atoms with E-state index in [-0.39, 0.29) is 23.4 Å².